The van der Waals surface area contributed by atoms with E-state index in [2.05, 4.69) is 15.0 Å². The van der Waals surface area contributed by atoms with Gasteiger partial charge in [-0.3, -0.25) is 4.79 Å². The summed E-state index contributed by atoms with van der Waals surface area (Å²) in [6.07, 6.45) is 8.94. The van der Waals surface area contributed by atoms with Gasteiger partial charge in [0.05, 0.1) is 12.1 Å². The number of amides is 1. The largest absolute Gasteiger partial charge is 0.353 e. The first-order valence-electron chi connectivity index (χ1n) is 7.65. The number of likely N-dealkylation sites (tertiary alicyclic amines) is 1. The molecule has 2 aliphatic rings. The second kappa shape index (κ2) is 5.02. The topological polar surface area (TPSA) is 53.7 Å². The molecule has 0 unspecified atom stereocenters. The lowest BCUT2D eigenvalue weighted by molar-refractivity contribution is -0.137. The van der Waals surface area contributed by atoms with E-state index >= 15 is 0 Å². The molecule has 0 bridgehead atoms. The van der Waals surface area contributed by atoms with Crippen molar-refractivity contribution >= 4 is 17.2 Å². The van der Waals surface area contributed by atoms with Crippen LogP contribution < -0.4 is 4.90 Å². The third kappa shape index (κ3) is 2.14. The third-order valence-electron chi connectivity index (χ3n) is 4.50. The van der Waals surface area contributed by atoms with Crippen molar-refractivity contribution < 1.29 is 4.79 Å². The van der Waals surface area contributed by atoms with E-state index in [4.69, 9.17) is 0 Å². The van der Waals surface area contributed by atoms with Crippen LogP contribution in [0, 0.1) is 5.92 Å². The number of carbonyl (C=O) groups excluding carboxylic acids is 1. The number of fused-ring (bicyclic) bond motifs is 1. The molecule has 2 fully saturated rings. The van der Waals surface area contributed by atoms with Gasteiger partial charge in [0.1, 0.15) is 5.52 Å². The Kier molecular flexibility index (Phi) is 3.02. The molecular formula is C15H19N5O. The molecule has 6 nitrogen and oxygen atoms in total. The van der Waals surface area contributed by atoms with Crippen molar-refractivity contribution in [2.24, 2.45) is 5.92 Å². The molecule has 0 atom stereocenters. The lowest BCUT2D eigenvalue weighted by Crippen LogP contribution is -2.55. The summed E-state index contributed by atoms with van der Waals surface area (Å²) in [6, 6.07) is 1.96. The van der Waals surface area contributed by atoms with Gasteiger partial charge in [-0.1, -0.05) is 0 Å². The average molecular weight is 285 g/mol. The van der Waals surface area contributed by atoms with Crippen molar-refractivity contribution in [3.8, 4) is 0 Å². The molecule has 2 aromatic rings. The van der Waals surface area contributed by atoms with E-state index in [-0.39, 0.29) is 5.92 Å². The number of hydrogen-bond donors (Lipinski definition) is 0. The fraction of sp³-hybridized carbons (Fsp3) is 0.533. The smallest absolute Gasteiger partial charge is 0.229 e. The Balaban J connectivity index is 1.45. The van der Waals surface area contributed by atoms with E-state index in [0.717, 1.165) is 50.4 Å². The summed E-state index contributed by atoms with van der Waals surface area (Å²) < 4.78 is 1.82. The van der Waals surface area contributed by atoms with E-state index < -0.39 is 0 Å². The SMILES string of the molecule is O=C(C1CN(c2nccn3nccc23)C1)N1CCCCC1. The predicted octanol–water partition coefficient (Wildman–Crippen LogP) is 1.18. The van der Waals surface area contributed by atoms with Crippen LogP contribution in [0.5, 0.6) is 0 Å². The van der Waals surface area contributed by atoms with Gasteiger partial charge in [-0.05, 0) is 25.3 Å². The Morgan fingerprint density at radius 1 is 1.14 bits per heavy atom. The van der Waals surface area contributed by atoms with E-state index in [0.29, 0.717) is 5.91 Å². The Hall–Kier alpha value is -2.11. The van der Waals surface area contributed by atoms with Crippen LogP contribution in [0.1, 0.15) is 19.3 Å². The van der Waals surface area contributed by atoms with E-state index in [9.17, 15) is 4.79 Å². The number of aromatic nitrogens is 3. The first kappa shape index (κ1) is 12.6. The number of nitrogens with zero attached hydrogens (tertiary/aromatic N) is 5. The van der Waals surface area contributed by atoms with E-state index in [1.807, 2.05) is 21.7 Å². The zero-order valence-electron chi connectivity index (χ0n) is 12.0. The summed E-state index contributed by atoms with van der Waals surface area (Å²) in [7, 11) is 0. The molecule has 0 N–H and O–H groups in total. The Morgan fingerprint density at radius 2 is 1.95 bits per heavy atom. The van der Waals surface area contributed by atoms with Gasteiger partial charge in [0.15, 0.2) is 5.82 Å². The van der Waals surface area contributed by atoms with E-state index in [1.165, 1.54) is 6.42 Å². The standard InChI is InChI=1S/C15H19N5O/c21-15(18-7-2-1-3-8-18)12-10-19(11-12)14-13-4-5-17-20(13)9-6-16-14/h4-6,9,12H,1-3,7-8,10-11H2. The van der Waals surface area contributed by atoms with Gasteiger partial charge in [0.2, 0.25) is 5.91 Å². The second-order valence-corrected chi connectivity index (χ2v) is 5.90. The molecule has 4 heterocycles. The minimum Gasteiger partial charge on any atom is -0.353 e. The van der Waals surface area contributed by atoms with Crippen LogP contribution >= 0.6 is 0 Å². The Morgan fingerprint density at radius 3 is 2.76 bits per heavy atom. The summed E-state index contributed by atoms with van der Waals surface area (Å²) in [4.78, 5) is 21.1. The average Bonchev–Trinajstić information content (AvgIpc) is 2.96. The Labute approximate surface area is 123 Å². The highest BCUT2D eigenvalue weighted by molar-refractivity contribution is 5.83. The highest BCUT2D eigenvalue weighted by Crippen LogP contribution is 2.28. The molecule has 0 spiro atoms. The molecule has 0 aliphatic carbocycles. The minimum atomic E-state index is 0.132. The summed E-state index contributed by atoms with van der Waals surface area (Å²) >= 11 is 0. The molecule has 0 radical (unpaired) electrons. The van der Waals surface area contributed by atoms with Crippen molar-refractivity contribution in [3.63, 3.8) is 0 Å². The van der Waals surface area contributed by atoms with Crippen LogP contribution in [0.3, 0.4) is 0 Å². The minimum absolute atomic E-state index is 0.132. The summed E-state index contributed by atoms with van der Waals surface area (Å²) in [6.45, 7) is 3.41. The first-order chi connectivity index (χ1) is 10.3. The van der Waals surface area contributed by atoms with Crippen LogP contribution in [0.25, 0.3) is 5.52 Å². The zero-order chi connectivity index (χ0) is 14.2. The van der Waals surface area contributed by atoms with Gasteiger partial charge in [0, 0.05) is 38.6 Å². The molecule has 1 amide bonds. The van der Waals surface area contributed by atoms with Crippen LogP contribution in [0.4, 0.5) is 5.82 Å². The normalized spacial score (nSPS) is 19.8. The van der Waals surface area contributed by atoms with Crippen molar-refractivity contribution in [1.29, 1.82) is 0 Å². The molecule has 21 heavy (non-hydrogen) atoms. The number of carbonyl (C=O) groups is 1. The van der Waals surface area contributed by atoms with Crippen molar-refractivity contribution in [1.82, 2.24) is 19.5 Å². The van der Waals surface area contributed by atoms with Crippen molar-refractivity contribution in [3.05, 3.63) is 24.7 Å². The van der Waals surface area contributed by atoms with Crippen LogP contribution in [-0.2, 0) is 4.79 Å². The quantitative estimate of drug-likeness (QED) is 0.831. The number of hydrogen-bond acceptors (Lipinski definition) is 4. The first-order valence-corrected chi connectivity index (χ1v) is 7.65. The maximum absolute atomic E-state index is 12.4. The molecule has 2 saturated heterocycles. The maximum Gasteiger partial charge on any atom is 0.229 e. The highest BCUT2D eigenvalue weighted by atomic mass is 16.2. The van der Waals surface area contributed by atoms with Gasteiger partial charge in [-0.25, -0.2) is 9.50 Å². The van der Waals surface area contributed by atoms with Crippen LogP contribution in [0.2, 0.25) is 0 Å². The summed E-state index contributed by atoms with van der Waals surface area (Å²) in [5.41, 5.74) is 1.00. The van der Waals surface area contributed by atoms with Crippen molar-refractivity contribution in [2.75, 3.05) is 31.1 Å². The third-order valence-corrected chi connectivity index (χ3v) is 4.50. The molecular weight excluding hydrogens is 266 g/mol. The number of piperidine rings is 1. The molecule has 2 aromatic heterocycles. The molecule has 0 aromatic carbocycles. The molecule has 110 valence electrons. The predicted molar refractivity (Wildman–Crippen MR) is 79.1 cm³/mol. The van der Waals surface area contributed by atoms with Crippen LogP contribution in [-0.4, -0.2) is 51.6 Å². The fourth-order valence-electron chi connectivity index (χ4n) is 3.27. The van der Waals surface area contributed by atoms with Crippen LogP contribution in [0.15, 0.2) is 24.7 Å². The summed E-state index contributed by atoms with van der Waals surface area (Å²) in [5.74, 6) is 1.39. The lowest BCUT2D eigenvalue weighted by atomic mass is 9.97. The monoisotopic (exact) mass is 285 g/mol. The van der Waals surface area contributed by atoms with E-state index in [1.54, 1.807) is 12.4 Å². The second-order valence-electron chi connectivity index (χ2n) is 5.90. The molecule has 2 aliphatic heterocycles. The highest BCUT2D eigenvalue weighted by Gasteiger charge is 2.37. The van der Waals surface area contributed by atoms with Gasteiger partial charge < -0.3 is 9.80 Å². The van der Waals surface area contributed by atoms with Gasteiger partial charge in [-0.15, -0.1) is 0 Å². The zero-order valence-corrected chi connectivity index (χ0v) is 12.0. The Bertz CT molecular complexity index is 655. The van der Waals surface area contributed by atoms with Gasteiger partial charge >= 0.3 is 0 Å². The lowest BCUT2D eigenvalue weighted by Gasteiger charge is -2.42. The maximum atomic E-state index is 12.4. The molecule has 6 heteroatoms. The molecule has 4 rings (SSSR count). The fourth-order valence-corrected chi connectivity index (χ4v) is 3.27. The van der Waals surface area contributed by atoms with Crippen molar-refractivity contribution in [2.45, 2.75) is 19.3 Å². The van der Waals surface area contributed by atoms with Gasteiger partial charge in [0.25, 0.3) is 0 Å². The number of rotatable bonds is 2. The summed E-state index contributed by atoms with van der Waals surface area (Å²) in [5, 5.41) is 4.22. The number of anilines is 1. The van der Waals surface area contributed by atoms with Gasteiger partial charge in [-0.2, -0.15) is 5.10 Å². The molecule has 0 saturated carbocycles.